The molecule has 0 aromatic rings. The van der Waals surface area contributed by atoms with Crippen molar-refractivity contribution >= 4 is 5.78 Å². The first kappa shape index (κ1) is 13.4. The Morgan fingerprint density at radius 2 is 1.93 bits per heavy atom. The van der Waals surface area contributed by atoms with E-state index in [0.29, 0.717) is 12.3 Å². The molecule has 0 radical (unpaired) electrons. The molecule has 82 valence electrons. The van der Waals surface area contributed by atoms with Crippen molar-refractivity contribution in [2.75, 3.05) is 0 Å². The second kappa shape index (κ2) is 6.77. The smallest absolute Gasteiger partial charge is 0.158 e. The Kier molecular flexibility index (Phi) is 6.46. The predicted octanol–water partition coefficient (Wildman–Crippen LogP) is 2.71. The van der Waals surface area contributed by atoms with E-state index in [0.717, 1.165) is 12.8 Å². The lowest BCUT2D eigenvalue weighted by atomic mass is 9.96. The molecule has 1 N–H and O–H groups in total. The van der Waals surface area contributed by atoms with Gasteiger partial charge < -0.3 is 5.11 Å². The van der Waals surface area contributed by atoms with Crippen molar-refractivity contribution < 1.29 is 9.90 Å². The average molecular weight is 198 g/mol. The molecule has 0 saturated carbocycles. The fraction of sp³-hybridized carbons (Fsp3) is 0.750. The van der Waals surface area contributed by atoms with E-state index >= 15 is 0 Å². The van der Waals surface area contributed by atoms with Crippen LogP contribution in [0, 0.1) is 5.92 Å². The minimum absolute atomic E-state index is 0.126. The first-order valence-corrected chi connectivity index (χ1v) is 5.25. The molecule has 0 aliphatic rings. The van der Waals surface area contributed by atoms with Gasteiger partial charge in [0.05, 0.1) is 0 Å². The van der Waals surface area contributed by atoms with Gasteiger partial charge in [0, 0.05) is 0 Å². The van der Waals surface area contributed by atoms with Gasteiger partial charge in [0.15, 0.2) is 5.78 Å². The molecule has 0 rings (SSSR count). The van der Waals surface area contributed by atoms with E-state index in [9.17, 15) is 9.90 Å². The van der Waals surface area contributed by atoms with E-state index < -0.39 is 6.10 Å². The molecule has 2 unspecified atom stereocenters. The summed E-state index contributed by atoms with van der Waals surface area (Å²) in [5.41, 5.74) is 1.32. The lowest BCUT2D eigenvalue weighted by Crippen LogP contribution is -2.19. The van der Waals surface area contributed by atoms with Crippen LogP contribution in [0.15, 0.2) is 11.6 Å². The third-order valence-electron chi connectivity index (χ3n) is 2.31. The zero-order valence-electron chi connectivity index (χ0n) is 9.71. The maximum absolute atomic E-state index is 10.8. The Hall–Kier alpha value is -0.630. The van der Waals surface area contributed by atoms with E-state index in [-0.39, 0.29) is 5.78 Å². The van der Waals surface area contributed by atoms with E-state index in [4.69, 9.17) is 0 Å². The molecular weight excluding hydrogens is 176 g/mol. The minimum atomic E-state index is -0.767. The third-order valence-corrected chi connectivity index (χ3v) is 2.31. The molecule has 2 atom stereocenters. The van der Waals surface area contributed by atoms with Crippen molar-refractivity contribution in [3.8, 4) is 0 Å². The van der Waals surface area contributed by atoms with E-state index in [1.165, 1.54) is 12.5 Å². The summed E-state index contributed by atoms with van der Waals surface area (Å²) in [6.45, 7) is 7.67. The molecule has 0 saturated heterocycles. The number of hydrogen-bond donors (Lipinski definition) is 1. The van der Waals surface area contributed by atoms with Crippen molar-refractivity contribution in [2.24, 2.45) is 5.92 Å². The van der Waals surface area contributed by atoms with E-state index in [1.54, 1.807) is 0 Å². The van der Waals surface area contributed by atoms with Crippen LogP contribution in [-0.2, 0) is 4.79 Å². The molecule has 14 heavy (non-hydrogen) atoms. The van der Waals surface area contributed by atoms with E-state index in [2.05, 4.69) is 26.8 Å². The first-order valence-electron chi connectivity index (χ1n) is 5.25. The van der Waals surface area contributed by atoms with Crippen molar-refractivity contribution in [2.45, 2.75) is 53.1 Å². The molecule has 0 amide bonds. The highest BCUT2D eigenvalue weighted by atomic mass is 16.3. The summed E-state index contributed by atoms with van der Waals surface area (Å²) in [4.78, 5) is 10.8. The average Bonchev–Trinajstić information content (AvgIpc) is 2.02. The Morgan fingerprint density at radius 3 is 2.36 bits per heavy atom. The van der Waals surface area contributed by atoms with Crippen molar-refractivity contribution in [3.05, 3.63) is 11.6 Å². The molecule has 0 spiro atoms. The van der Waals surface area contributed by atoms with Gasteiger partial charge in [-0.1, -0.05) is 18.6 Å². The molecule has 0 heterocycles. The van der Waals surface area contributed by atoms with E-state index in [1.807, 2.05) is 0 Å². The van der Waals surface area contributed by atoms with Crippen LogP contribution in [-0.4, -0.2) is 17.0 Å². The summed E-state index contributed by atoms with van der Waals surface area (Å²) in [5, 5.41) is 9.34. The van der Waals surface area contributed by atoms with Gasteiger partial charge in [0.1, 0.15) is 6.10 Å². The fourth-order valence-electron chi connectivity index (χ4n) is 1.32. The predicted molar refractivity (Wildman–Crippen MR) is 59.1 cm³/mol. The van der Waals surface area contributed by atoms with Crippen molar-refractivity contribution in [1.82, 2.24) is 0 Å². The normalized spacial score (nSPS) is 14.6. The number of ketones is 1. The largest absolute Gasteiger partial charge is 0.385 e. The summed E-state index contributed by atoms with van der Waals surface area (Å²) in [5.74, 6) is 0.281. The van der Waals surface area contributed by atoms with Crippen LogP contribution in [0.5, 0.6) is 0 Å². The molecule has 0 aliphatic heterocycles. The summed E-state index contributed by atoms with van der Waals surface area (Å²) in [6.07, 6.45) is 4.09. The molecule has 2 heteroatoms. The topological polar surface area (TPSA) is 37.3 Å². The van der Waals surface area contributed by atoms with Gasteiger partial charge in [0.25, 0.3) is 0 Å². The Morgan fingerprint density at radius 1 is 1.36 bits per heavy atom. The molecule has 2 nitrogen and oxygen atoms in total. The summed E-state index contributed by atoms with van der Waals surface area (Å²) >= 11 is 0. The molecule has 0 bridgehead atoms. The summed E-state index contributed by atoms with van der Waals surface area (Å²) in [7, 11) is 0. The maximum Gasteiger partial charge on any atom is 0.158 e. The van der Waals surface area contributed by atoms with Gasteiger partial charge in [0.2, 0.25) is 0 Å². The SMILES string of the molecule is CC(=O)C(O)CC(C)CCC=C(C)C. The lowest BCUT2D eigenvalue weighted by Gasteiger charge is -2.13. The highest BCUT2D eigenvalue weighted by Crippen LogP contribution is 2.14. The van der Waals surface area contributed by atoms with Crippen LogP contribution in [0.1, 0.15) is 47.0 Å². The second-order valence-electron chi connectivity index (χ2n) is 4.33. The number of rotatable bonds is 6. The Bertz CT molecular complexity index is 202. The molecule has 0 fully saturated rings. The minimum Gasteiger partial charge on any atom is -0.385 e. The second-order valence-corrected chi connectivity index (χ2v) is 4.33. The van der Waals surface area contributed by atoms with Crippen LogP contribution in [0.25, 0.3) is 0 Å². The highest BCUT2D eigenvalue weighted by molar-refractivity contribution is 5.80. The van der Waals surface area contributed by atoms with Crippen molar-refractivity contribution in [1.29, 1.82) is 0 Å². The number of Topliss-reactive ketones (excluding diaryl/α,β-unsaturated/α-hetero) is 1. The third kappa shape index (κ3) is 6.84. The highest BCUT2D eigenvalue weighted by Gasteiger charge is 2.13. The van der Waals surface area contributed by atoms with Gasteiger partial charge in [-0.15, -0.1) is 0 Å². The van der Waals surface area contributed by atoms with Gasteiger partial charge in [-0.2, -0.15) is 0 Å². The maximum atomic E-state index is 10.8. The van der Waals surface area contributed by atoms with Gasteiger partial charge in [-0.3, -0.25) is 4.79 Å². The number of aliphatic hydroxyl groups is 1. The quantitative estimate of drug-likeness (QED) is 0.666. The Labute approximate surface area is 87.0 Å². The lowest BCUT2D eigenvalue weighted by molar-refractivity contribution is -0.125. The number of allylic oxidation sites excluding steroid dienone is 2. The number of aliphatic hydroxyl groups excluding tert-OH is 1. The molecular formula is C12H22O2. The zero-order chi connectivity index (χ0) is 11.1. The first-order chi connectivity index (χ1) is 6.43. The standard InChI is InChI=1S/C12H22O2/c1-9(2)6-5-7-10(3)8-12(14)11(4)13/h6,10,12,14H,5,7-8H2,1-4H3. The zero-order valence-corrected chi connectivity index (χ0v) is 9.71. The van der Waals surface area contributed by atoms with Crippen molar-refractivity contribution in [3.63, 3.8) is 0 Å². The van der Waals surface area contributed by atoms with Gasteiger partial charge in [-0.25, -0.2) is 0 Å². The molecule has 0 aliphatic carbocycles. The molecule has 0 aromatic heterocycles. The summed E-state index contributed by atoms with van der Waals surface area (Å²) in [6, 6.07) is 0. The summed E-state index contributed by atoms with van der Waals surface area (Å²) < 4.78 is 0. The Balaban J connectivity index is 3.70. The van der Waals surface area contributed by atoms with Gasteiger partial charge >= 0.3 is 0 Å². The van der Waals surface area contributed by atoms with Crippen LogP contribution < -0.4 is 0 Å². The monoisotopic (exact) mass is 198 g/mol. The number of hydrogen-bond acceptors (Lipinski definition) is 2. The van der Waals surface area contributed by atoms with Crippen LogP contribution in [0.4, 0.5) is 0 Å². The molecule has 0 aromatic carbocycles. The fourth-order valence-corrected chi connectivity index (χ4v) is 1.32. The number of carbonyl (C=O) groups excluding carboxylic acids is 1. The number of carbonyl (C=O) groups is 1. The van der Waals surface area contributed by atoms with Gasteiger partial charge in [-0.05, 0) is 46.0 Å². The van der Waals surface area contributed by atoms with Crippen LogP contribution in [0.2, 0.25) is 0 Å². The van der Waals surface area contributed by atoms with Crippen LogP contribution in [0.3, 0.4) is 0 Å². The van der Waals surface area contributed by atoms with Crippen LogP contribution >= 0.6 is 0 Å².